The molecule has 0 spiro atoms. The van der Waals surface area contributed by atoms with Crippen LogP contribution < -0.4 is 0 Å². The number of hydrogen-bond acceptors (Lipinski definition) is 8. The number of carboxylic acid groups (broad SMARTS) is 3. The van der Waals surface area contributed by atoms with Crippen LogP contribution in [0.15, 0.2) is 71.7 Å². The van der Waals surface area contributed by atoms with Crippen molar-refractivity contribution in [2.24, 2.45) is 5.41 Å². The van der Waals surface area contributed by atoms with Gasteiger partial charge in [0, 0.05) is 22.1 Å². The number of carbonyl (C=O) groups is 3. The lowest BCUT2D eigenvalue weighted by atomic mass is 9.95. The smallest absolute Gasteiger partial charge is 0.330 e. The molecule has 0 atom stereocenters. The van der Waals surface area contributed by atoms with Gasteiger partial charge in [0.15, 0.2) is 0 Å². The lowest BCUT2D eigenvalue weighted by Crippen LogP contribution is -2.29. The quantitative estimate of drug-likeness (QED) is 0.196. The molecule has 0 bridgehead atoms. The van der Waals surface area contributed by atoms with Gasteiger partial charge in [0.05, 0.1) is 24.7 Å². The Labute approximate surface area is 210 Å². The second kappa shape index (κ2) is 21.0. The summed E-state index contributed by atoms with van der Waals surface area (Å²) in [6.45, 7) is 14.9. The van der Waals surface area contributed by atoms with Gasteiger partial charge in [-0.1, -0.05) is 44.9 Å². The first-order valence-corrected chi connectivity index (χ1v) is 11.2. The highest BCUT2D eigenvalue weighted by molar-refractivity contribution is 7.85. The SMILES string of the molecule is C=C(C)C(=O)O.C=C(C)C(=O)O.C=C(C)C(=O)O.CC(CO)(CO)CO.O=S(=O)(O)c1ccccc1. The van der Waals surface area contributed by atoms with Crippen molar-refractivity contribution in [1.29, 1.82) is 0 Å². The summed E-state index contributed by atoms with van der Waals surface area (Å²) >= 11 is 0. The first-order valence-electron chi connectivity index (χ1n) is 9.73. The Hall–Kier alpha value is -3.36. The highest BCUT2D eigenvalue weighted by Gasteiger charge is 2.20. The lowest BCUT2D eigenvalue weighted by Gasteiger charge is -2.20. The largest absolute Gasteiger partial charge is 0.478 e. The van der Waals surface area contributed by atoms with Gasteiger partial charge < -0.3 is 30.6 Å². The fraction of sp³-hybridized carbons (Fsp3) is 0.348. The maximum Gasteiger partial charge on any atom is 0.330 e. The third-order valence-corrected chi connectivity index (χ3v) is 4.15. The normalized spacial score (nSPS) is 9.56. The summed E-state index contributed by atoms with van der Waals surface area (Å²) < 4.78 is 29.2. The van der Waals surface area contributed by atoms with E-state index < -0.39 is 33.4 Å². The van der Waals surface area contributed by atoms with E-state index in [1.807, 2.05) is 0 Å². The molecule has 0 aliphatic rings. The molecule has 0 saturated heterocycles. The van der Waals surface area contributed by atoms with Crippen LogP contribution in [0.3, 0.4) is 0 Å². The van der Waals surface area contributed by atoms with E-state index in [4.69, 9.17) is 35.2 Å². The predicted molar refractivity (Wildman–Crippen MR) is 133 cm³/mol. The first-order chi connectivity index (χ1) is 16.2. The fourth-order valence-corrected chi connectivity index (χ4v) is 1.24. The van der Waals surface area contributed by atoms with E-state index in [1.165, 1.54) is 32.9 Å². The second-order valence-corrected chi connectivity index (χ2v) is 8.75. The molecule has 0 heterocycles. The van der Waals surface area contributed by atoms with Crippen molar-refractivity contribution >= 4 is 28.0 Å². The number of rotatable bonds is 7. The summed E-state index contributed by atoms with van der Waals surface area (Å²) in [5.41, 5.74) is -0.181. The van der Waals surface area contributed by atoms with Crippen LogP contribution in [0.2, 0.25) is 0 Å². The Morgan fingerprint density at radius 3 is 1.03 bits per heavy atom. The van der Waals surface area contributed by atoms with E-state index in [1.54, 1.807) is 25.1 Å². The summed E-state index contributed by atoms with van der Waals surface area (Å²) in [5.74, 6) is -2.81. The van der Waals surface area contributed by atoms with Gasteiger partial charge in [-0.2, -0.15) is 8.42 Å². The van der Waals surface area contributed by atoms with Crippen LogP contribution in [0.4, 0.5) is 0 Å². The molecule has 0 amide bonds. The Balaban J connectivity index is -0.000000182. The molecule has 1 rings (SSSR count). The van der Waals surface area contributed by atoms with Crippen molar-refractivity contribution in [3.8, 4) is 0 Å². The van der Waals surface area contributed by atoms with Crippen LogP contribution in [0.25, 0.3) is 0 Å². The minimum absolute atomic E-state index is 0.0741. The minimum atomic E-state index is -4.00. The Morgan fingerprint density at radius 2 is 0.944 bits per heavy atom. The Kier molecular flexibility index (Phi) is 23.2. The third-order valence-electron chi connectivity index (χ3n) is 3.28. The van der Waals surface area contributed by atoms with Crippen molar-refractivity contribution in [3.63, 3.8) is 0 Å². The van der Waals surface area contributed by atoms with Crippen LogP contribution in [-0.4, -0.2) is 81.3 Å². The molecule has 0 aliphatic heterocycles. The molecule has 7 N–H and O–H groups in total. The topological polar surface area (TPSA) is 227 Å². The predicted octanol–water partition coefficient (Wildman–Crippen LogP) is 1.84. The lowest BCUT2D eigenvalue weighted by molar-refractivity contribution is -0.133. The van der Waals surface area contributed by atoms with Crippen LogP contribution >= 0.6 is 0 Å². The van der Waals surface area contributed by atoms with Gasteiger partial charge in [0.25, 0.3) is 10.1 Å². The van der Waals surface area contributed by atoms with E-state index in [0.29, 0.717) is 0 Å². The summed E-state index contributed by atoms with van der Waals surface area (Å²) in [6.07, 6.45) is 0. The van der Waals surface area contributed by atoms with Gasteiger partial charge in [-0.05, 0) is 32.9 Å². The second-order valence-electron chi connectivity index (χ2n) is 7.33. The number of benzene rings is 1. The van der Waals surface area contributed by atoms with Crippen LogP contribution in [0, 0.1) is 5.41 Å². The average molecular weight is 537 g/mol. The van der Waals surface area contributed by atoms with E-state index in [-0.39, 0.29) is 41.4 Å². The summed E-state index contributed by atoms with van der Waals surface area (Å²) in [5, 5.41) is 49.1. The zero-order valence-corrected chi connectivity index (χ0v) is 21.5. The van der Waals surface area contributed by atoms with Crippen molar-refractivity contribution in [2.45, 2.75) is 32.6 Å². The monoisotopic (exact) mass is 536 g/mol. The molecule has 13 heteroatoms. The zero-order chi connectivity index (χ0) is 29.7. The van der Waals surface area contributed by atoms with Gasteiger partial charge in [0.2, 0.25) is 0 Å². The van der Waals surface area contributed by atoms with Gasteiger partial charge in [-0.3, -0.25) is 4.55 Å². The van der Waals surface area contributed by atoms with Crippen LogP contribution in [0.1, 0.15) is 27.7 Å². The minimum Gasteiger partial charge on any atom is -0.478 e. The molecule has 0 radical (unpaired) electrons. The molecule has 1 aromatic carbocycles. The van der Waals surface area contributed by atoms with E-state index in [0.717, 1.165) is 0 Å². The standard InChI is InChI=1S/C6H6O3S.C5H12O3.3C4H6O2/c7-10(8,9)6-4-2-1-3-5-6;1-5(2-6,3-7)4-8;3*1-3(2)4(5)6/h1-5H,(H,7,8,9);6-8H,2-4H2,1H3;3*1H2,2H3,(H,5,6). The molecule has 1 aromatic rings. The van der Waals surface area contributed by atoms with E-state index >= 15 is 0 Å². The van der Waals surface area contributed by atoms with Crippen molar-refractivity contribution in [1.82, 2.24) is 0 Å². The summed E-state index contributed by atoms with van der Waals surface area (Å²) in [4.78, 5) is 28.7. The maximum absolute atomic E-state index is 10.4. The molecule has 0 aliphatic carbocycles. The first kappa shape index (κ1) is 39.8. The average Bonchev–Trinajstić information content (AvgIpc) is 2.80. The van der Waals surface area contributed by atoms with Gasteiger partial charge >= 0.3 is 17.9 Å². The molecule has 12 nitrogen and oxygen atoms in total. The molecule has 36 heavy (non-hydrogen) atoms. The zero-order valence-electron chi connectivity index (χ0n) is 20.7. The van der Waals surface area contributed by atoms with Gasteiger partial charge in [0.1, 0.15) is 0 Å². The molecule has 0 saturated carbocycles. The number of hydrogen-bond donors (Lipinski definition) is 7. The van der Waals surface area contributed by atoms with Gasteiger partial charge in [-0.25, -0.2) is 14.4 Å². The van der Waals surface area contributed by atoms with Gasteiger partial charge in [-0.15, -0.1) is 0 Å². The Bertz CT molecular complexity index is 845. The van der Waals surface area contributed by atoms with Crippen molar-refractivity contribution in [3.05, 3.63) is 66.8 Å². The molecule has 0 fully saturated rings. The summed E-state index contributed by atoms with van der Waals surface area (Å²) in [7, 11) is -4.00. The van der Waals surface area contributed by atoms with Crippen LogP contribution in [-0.2, 0) is 24.5 Å². The van der Waals surface area contributed by atoms with E-state index in [9.17, 15) is 22.8 Å². The number of aliphatic hydroxyl groups is 3. The Morgan fingerprint density at radius 1 is 0.722 bits per heavy atom. The fourth-order valence-electron chi connectivity index (χ4n) is 0.742. The van der Waals surface area contributed by atoms with Crippen molar-refractivity contribution in [2.75, 3.05) is 19.8 Å². The molecular weight excluding hydrogens is 500 g/mol. The molecule has 206 valence electrons. The van der Waals surface area contributed by atoms with Crippen molar-refractivity contribution < 1.29 is 58.0 Å². The summed E-state index contributed by atoms with van der Waals surface area (Å²) in [6, 6.07) is 7.42. The number of aliphatic hydroxyl groups excluding tert-OH is 3. The maximum atomic E-state index is 10.4. The highest BCUT2D eigenvalue weighted by Crippen LogP contribution is 2.11. The molecule has 0 aromatic heterocycles. The van der Waals surface area contributed by atoms with E-state index in [2.05, 4.69) is 19.7 Å². The highest BCUT2D eigenvalue weighted by atomic mass is 32.2. The number of carboxylic acids is 3. The third kappa shape index (κ3) is 26.9. The molecule has 0 unspecified atom stereocenters. The van der Waals surface area contributed by atoms with Crippen LogP contribution in [0.5, 0.6) is 0 Å². The number of aliphatic carboxylic acids is 3. The molecular formula is C23H36O12S.